The molecule has 0 bridgehead atoms. The van der Waals surface area contributed by atoms with Gasteiger partial charge in [0.25, 0.3) is 0 Å². The van der Waals surface area contributed by atoms with Crippen molar-refractivity contribution in [3.8, 4) is 5.75 Å². The molecule has 0 aliphatic heterocycles. The number of fused-ring (bicyclic) bond motifs is 1. The number of ether oxygens (including phenoxy) is 1. The van der Waals surface area contributed by atoms with E-state index in [4.69, 9.17) is 4.74 Å². The maximum absolute atomic E-state index is 12.6. The Morgan fingerprint density at radius 3 is 2.71 bits per heavy atom. The number of benzene rings is 2. The van der Waals surface area contributed by atoms with Gasteiger partial charge in [-0.25, -0.2) is 0 Å². The Kier molecular flexibility index (Phi) is 3.93. The second-order valence-corrected chi connectivity index (χ2v) is 5.90. The first-order valence-electron chi connectivity index (χ1n) is 6.86. The van der Waals surface area contributed by atoms with Crippen molar-refractivity contribution in [3.63, 3.8) is 0 Å². The van der Waals surface area contributed by atoms with Gasteiger partial charge in [-0.05, 0) is 54.3 Å². The second-order valence-electron chi connectivity index (χ2n) is 5.04. The highest BCUT2D eigenvalue weighted by atomic mass is 79.9. The van der Waals surface area contributed by atoms with Crippen LogP contribution in [0, 0.1) is 0 Å². The van der Waals surface area contributed by atoms with E-state index >= 15 is 0 Å². The topological polar surface area (TPSA) is 26.3 Å². The summed E-state index contributed by atoms with van der Waals surface area (Å²) < 4.78 is 6.23. The Labute approximate surface area is 132 Å². The lowest BCUT2D eigenvalue weighted by molar-refractivity contribution is 0.102. The monoisotopic (exact) mass is 342 g/mol. The Bertz CT molecular complexity index is 732. The van der Waals surface area contributed by atoms with E-state index in [1.807, 2.05) is 48.5 Å². The lowest BCUT2D eigenvalue weighted by Crippen LogP contribution is -2.14. The number of rotatable bonds is 2. The summed E-state index contributed by atoms with van der Waals surface area (Å²) in [5.74, 6) is 0.925. The molecule has 2 nitrogen and oxygen atoms in total. The normalized spacial score (nSPS) is 15.9. The summed E-state index contributed by atoms with van der Waals surface area (Å²) in [6, 6.07) is 13.6. The average Bonchev–Trinajstić information content (AvgIpc) is 2.51. The van der Waals surface area contributed by atoms with Crippen LogP contribution < -0.4 is 4.74 Å². The number of carbonyl (C=O) groups excluding carboxylic acids is 1. The Morgan fingerprint density at radius 2 is 1.95 bits per heavy atom. The molecule has 0 amide bonds. The molecule has 1 aliphatic rings. The third-order valence-corrected chi connectivity index (χ3v) is 4.47. The predicted molar refractivity (Wildman–Crippen MR) is 87.8 cm³/mol. The second kappa shape index (κ2) is 5.86. The predicted octanol–water partition coefficient (Wildman–Crippen LogP) is 4.67. The van der Waals surface area contributed by atoms with Gasteiger partial charge in [-0.15, -0.1) is 0 Å². The smallest absolute Gasteiger partial charge is 0.189 e. The minimum atomic E-state index is 0.120. The molecule has 0 spiro atoms. The van der Waals surface area contributed by atoms with Crippen LogP contribution in [0.3, 0.4) is 0 Å². The van der Waals surface area contributed by atoms with Crippen molar-refractivity contribution in [2.45, 2.75) is 12.8 Å². The number of carbonyl (C=O) groups is 1. The highest BCUT2D eigenvalue weighted by Gasteiger charge is 2.22. The maximum atomic E-state index is 12.6. The van der Waals surface area contributed by atoms with E-state index in [2.05, 4.69) is 15.9 Å². The van der Waals surface area contributed by atoms with Crippen molar-refractivity contribution < 1.29 is 9.53 Å². The number of hydrogen-bond acceptors (Lipinski definition) is 2. The minimum absolute atomic E-state index is 0.120. The molecule has 0 unspecified atom stereocenters. The summed E-state index contributed by atoms with van der Waals surface area (Å²) in [6.07, 6.45) is 3.62. The number of allylic oxidation sites excluding steroid dienone is 1. The van der Waals surface area contributed by atoms with Gasteiger partial charge in [0.2, 0.25) is 0 Å². The van der Waals surface area contributed by atoms with E-state index in [-0.39, 0.29) is 5.78 Å². The molecule has 0 fully saturated rings. The van der Waals surface area contributed by atoms with Crippen molar-refractivity contribution in [1.29, 1.82) is 0 Å². The van der Waals surface area contributed by atoms with Gasteiger partial charge in [0.1, 0.15) is 5.75 Å². The van der Waals surface area contributed by atoms with E-state index in [0.29, 0.717) is 0 Å². The number of halogens is 1. The molecule has 0 saturated carbocycles. The van der Waals surface area contributed by atoms with Crippen LogP contribution in [0.2, 0.25) is 0 Å². The molecule has 3 rings (SSSR count). The zero-order valence-electron chi connectivity index (χ0n) is 11.7. The summed E-state index contributed by atoms with van der Waals surface area (Å²) in [4.78, 5) is 12.6. The van der Waals surface area contributed by atoms with Gasteiger partial charge in [0, 0.05) is 15.6 Å². The molecular formula is C18H15BrO2. The van der Waals surface area contributed by atoms with Crippen molar-refractivity contribution in [1.82, 2.24) is 0 Å². The summed E-state index contributed by atoms with van der Waals surface area (Å²) in [5.41, 5.74) is 3.77. The molecule has 0 radical (unpaired) electrons. The summed E-state index contributed by atoms with van der Waals surface area (Å²) in [5, 5.41) is 0. The number of methoxy groups -OCH3 is 1. The first-order chi connectivity index (χ1) is 10.2. The molecule has 0 heterocycles. The van der Waals surface area contributed by atoms with Crippen LogP contribution >= 0.6 is 15.9 Å². The van der Waals surface area contributed by atoms with Crippen LogP contribution in [0.1, 0.15) is 27.9 Å². The molecule has 2 aromatic rings. The summed E-state index contributed by atoms with van der Waals surface area (Å²) in [6.45, 7) is 0. The number of Topliss-reactive ketones (excluding diaryl/α,β-unsaturated/α-hetero) is 1. The lowest BCUT2D eigenvalue weighted by atomic mass is 9.86. The highest BCUT2D eigenvalue weighted by Crippen LogP contribution is 2.30. The van der Waals surface area contributed by atoms with Gasteiger partial charge in [-0.2, -0.15) is 0 Å². The Hall–Kier alpha value is -1.87. The Morgan fingerprint density at radius 1 is 1.14 bits per heavy atom. The third kappa shape index (κ3) is 2.79. The first-order valence-corrected chi connectivity index (χ1v) is 7.65. The van der Waals surface area contributed by atoms with Crippen LogP contribution in [-0.2, 0) is 6.42 Å². The van der Waals surface area contributed by atoms with Crippen molar-refractivity contribution in [2.75, 3.05) is 7.11 Å². The fourth-order valence-electron chi connectivity index (χ4n) is 2.60. The van der Waals surface area contributed by atoms with E-state index in [9.17, 15) is 4.79 Å². The summed E-state index contributed by atoms with van der Waals surface area (Å²) >= 11 is 3.52. The standard InChI is InChI=1S/C18H15BrO2/c1-21-15-8-9-16-12(11-15)6-7-14(18(16)20)10-13-4-2-3-5-17(13)19/h2-5,8-11H,6-7H2,1H3/b14-10-. The van der Waals surface area contributed by atoms with Gasteiger partial charge < -0.3 is 4.74 Å². The van der Waals surface area contributed by atoms with Crippen molar-refractivity contribution in [3.05, 3.63) is 69.2 Å². The molecule has 0 aromatic heterocycles. The largest absolute Gasteiger partial charge is 0.497 e. The fraction of sp³-hybridized carbons (Fsp3) is 0.167. The maximum Gasteiger partial charge on any atom is 0.189 e. The zero-order valence-corrected chi connectivity index (χ0v) is 13.3. The lowest BCUT2D eigenvalue weighted by Gasteiger charge is -2.18. The average molecular weight is 343 g/mol. The van der Waals surface area contributed by atoms with Crippen molar-refractivity contribution >= 4 is 27.8 Å². The molecule has 106 valence electrons. The van der Waals surface area contributed by atoms with Crippen LogP contribution in [0.5, 0.6) is 5.75 Å². The third-order valence-electron chi connectivity index (χ3n) is 3.75. The number of aryl methyl sites for hydroxylation is 1. The first kappa shape index (κ1) is 14.1. The number of ketones is 1. The van der Waals surface area contributed by atoms with Crippen LogP contribution in [0.25, 0.3) is 6.08 Å². The molecule has 0 N–H and O–H groups in total. The van der Waals surface area contributed by atoms with E-state index < -0.39 is 0 Å². The van der Waals surface area contributed by atoms with Gasteiger partial charge >= 0.3 is 0 Å². The van der Waals surface area contributed by atoms with Crippen LogP contribution in [-0.4, -0.2) is 12.9 Å². The van der Waals surface area contributed by atoms with Gasteiger partial charge in [-0.3, -0.25) is 4.79 Å². The molecular weight excluding hydrogens is 328 g/mol. The Balaban J connectivity index is 1.98. The van der Waals surface area contributed by atoms with Crippen LogP contribution in [0.15, 0.2) is 52.5 Å². The van der Waals surface area contributed by atoms with E-state index in [0.717, 1.165) is 45.3 Å². The highest BCUT2D eigenvalue weighted by molar-refractivity contribution is 9.10. The molecule has 2 aromatic carbocycles. The van der Waals surface area contributed by atoms with Crippen molar-refractivity contribution in [2.24, 2.45) is 0 Å². The van der Waals surface area contributed by atoms with Gasteiger partial charge in [0.15, 0.2) is 5.78 Å². The fourth-order valence-corrected chi connectivity index (χ4v) is 3.00. The molecule has 0 atom stereocenters. The zero-order chi connectivity index (χ0) is 14.8. The minimum Gasteiger partial charge on any atom is -0.497 e. The molecule has 21 heavy (non-hydrogen) atoms. The van der Waals surface area contributed by atoms with Crippen LogP contribution in [0.4, 0.5) is 0 Å². The van der Waals surface area contributed by atoms with E-state index in [1.165, 1.54) is 0 Å². The van der Waals surface area contributed by atoms with E-state index in [1.54, 1.807) is 7.11 Å². The molecule has 1 aliphatic carbocycles. The summed E-state index contributed by atoms with van der Waals surface area (Å²) in [7, 11) is 1.64. The molecule has 0 saturated heterocycles. The quantitative estimate of drug-likeness (QED) is 0.741. The van der Waals surface area contributed by atoms with Gasteiger partial charge in [0.05, 0.1) is 7.11 Å². The number of hydrogen-bond donors (Lipinski definition) is 0. The van der Waals surface area contributed by atoms with Gasteiger partial charge in [-0.1, -0.05) is 34.1 Å². The SMILES string of the molecule is COc1ccc2c(c1)CC/C(=C/c1ccccc1Br)C2=O. The molecule has 3 heteroatoms.